The molecule has 1 aliphatic heterocycles. The molecule has 5 heteroatoms. The van der Waals surface area contributed by atoms with E-state index in [1.54, 1.807) is 0 Å². The van der Waals surface area contributed by atoms with E-state index in [4.69, 9.17) is 0 Å². The van der Waals surface area contributed by atoms with E-state index in [0.717, 1.165) is 36.7 Å². The number of ketones is 1. The number of hydrogen-bond acceptors (Lipinski definition) is 3. The molecule has 1 aliphatic rings. The zero-order valence-electron chi connectivity index (χ0n) is 12.8. The molecule has 0 amide bonds. The molecule has 3 nitrogen and oxygen atoms in total. The monoisotopic (exact) mass is 332 g/mol. The molecule has 1 aromatic rings. The fourth-order valence-corrected chi connectivity index (χ4v) is 2.60. The minimum atomic E-state index is 0. The third kappa shape index (κ3) is 6.25. The highest BCUT2D eigenvalue weighted by Gasteiger charge is 2.15. The van der Waals surface area contributed by atoms with Crippen LogP contribution in [0.5, 0.6) is 0 Å². The summed E-state index contributed by atoms with van der Waals surface area (Å²) in [6.07, 6.45) is 4.15. The van der Waals surface area contributed by atoms with Crippen molar-refractivity contribution in [1.29, 1.82) is 0 Å². The molecule has 120 valence electrons. The zero-order valence-corrected chi connectivity index (χ0v) is 14.4. The van der Waals surface area contributed by atoms with Crippen molar-refractivity contribution in [3.8, 4) is 0 Å². The largest absolute Gasteiger partial charge is 0.378 e. The average molecular weight is 333 g/mol. The van der Waals surface area contributed by atoms with E-state index in [-0.39, 0.29) is 30.6 Å². The smallest absolute Gasteiger partial charge is 0.162 e. The van der Waals surface area contributed by atoms with Gasteiger partial charge in [0, 0.05) is 31.8 Å². The molecule has 0 saturated carbocycles. The Morgan fingerprint density at radius 3 is 2.24 bits per heavy atom. The molecule has 0 atom stereocenters. The van der Waals surface area contributed by atoms with Crippen LogP contribution in [0.2, 0.25) is 0 Å². The number of piperidine rings is 1. The van der Waals surface area contributed by atoms with Crippen LogP contribution in [-0.2, 0) is 0 Å². The van der Waals surface area contributed by atoms with Gasteiger partial charge < -0.3 is 10.2 Å². The number of carbonyl (C=O) groups is 1. The van der Waals surface area contributed by atoms with E-state index in [1.807, 2.05) is 43.3 Å². The van der Waals surface area contributed by atoms with Crippen molar-refractivity contribution in [2.24, 2.45) is 5.92 Å². The van der Waals surface area contributed by atoms with Crippen molar-refractivity contribution >= 4 is 36.3 Å². The van der Waals surface area contributed by atoms with Gasteiger partial charge in [-0.15, -0.1) is 24.8 Å². The van der Waals surface area contributed by atoms with Gasteiger partial charge in [-0.05, 0) is 62.5 Å². The third-order valence-electron chi connectivity index (χ3n) is 3.94. The summed E-state index contributed by atoms with van der Waals surface area (Å²) in [4.78, 5) is 14.2. The Morgan fingerprint density at radius 2 is 1.71 bits per heavy atom. The summed E-state index contributed by atoms with van der Waals surface area (Å²) in [6.45, 7) is 2.22. The van der Waals surface area contributed by atoms with Crippen LogP contribution in [0.3, 0.4) is 0 Å². The van der Waals surface area contributed by atoms with Gasteiger partial charge >= 0.3 is 0 Å². The third-order valence-corrected chi connectivity index (χ3v) is 3.94. The lowest BCUT2D eigenvalue weighted by atomic mass is 9.91. The van der Waals surface area contributed by atoms with Crippen LogP contribution in [0.4, 0.5) is 5.69 Å². The predicted molar refractivity (Wildman–Crippen MR) is 94.4 cm³/mol. The first kappa shape index (κ1) is 20.2. The number of hydrogen-bond donors (Lipinski definition) is 1. The van der Waals surface area contributed by atoms with Gasteiger partial charge in [-0.25, -0.2) is 0 Å². The maximum absolute atomic E-state index is 12.1. The van der Waals surface area contributed by atoms with Crippen molar-refractivity contribution in [2.75, 3.05) is 32.1 Å². The molecule has 0 radical (unpaired) electrons. The highest BCUT2D eigenvalue weighted by Crippen LogP contribution is 2.20. The lowest BCUT2D eigenvalue weighted by molar-refractivity contribution is 0.0971. The van der Waals surface area contributed by atoms with Crippen LogP contribution in [0.25, 0.3) is 0 Å². The van der Waals surface area contributed by atoms with E-state index >= 15 is 0 Å². The predicted octanol–water partition coefficient (Wildman–Crippen LogP) is 3.56. The maximum Gasteiger partial charge on any atom is 0.162 e. The Balaban J connectivity index is 0.00000200. The van der Waals surface area contributed by atoms with Crippen molar-refractivity contribution in [3.05, 3.63) is 29.8 Å². The van der Waals surface area contributed by atoms with Crippen LogP contribution in [0.15, 0.2) is 24.3 Å². The van der Waals surface area contributed by atoms with E-state index < -0.39 is 0 Å². The SMILES string of the molecule is CN(C)c1ccc(C(=O)CCC2CCNCC2)cc1.Cl.Cl. The van der Waals surface area contributed by atoms with Gasteiger partial charge in [0.15, 0.2) is 5.78 Å². The van der Waals surface area contributed by atoms with Gasteiger partial charge in [0.05, 0.1) is 0 Å². The van der Waals surface area contributed by atoms with Crippen molar-refractivity contribution in [3.63, 3.8) is 0 Å². The summed E-state index contributed by atoms with van der Waals surface area (Å²) in [5.41, 5.74) is 1.98. The van der Waals surface area contributed by atoms with Crippen LogP contribution >= 0.6 is 24.8 Å². The first-order valence-corrected chi connectivity index (χ1v) is 7.18. The molecule has 0 unspecified atom stereocenters. The van der Waals surface area contributed by atoms with Crippen molar-refractivity contribution in [1.82, 2.24) is 5.32 Å². The number of carbonyl (C=O) groups excluding carboxylic acids is 1. The van der Waals surface area contributed by atoms with Gasteiger partial charge in [-0.1, -0.05) is 0 Å². The quantitative estimate of drug-likeness (QED) is 0.836. The van der Waals surface area contributed by atoms with Crippen LogP contribution in [0.1, 0.15) is 36.0 Å². The fourth-order valence-electron chi connectivity index (χ4n) is 2.60. The molecule has 1 saturated heterocycles. The average Bonchev–Trinajstić information content (AvgIpc) is 2.46. The fraction of sp³-hybridized carbons (Fsp3) is 0.562. The Kier molecular flexibility index (Phi) is 9.67. The van der Waals surface area contributed by atoms with Gasteiger partial charge in [0.2, 0.25) is 0 Å². The van der Waals surface area contributed by atoms with E-state index in [1.165, 1.54) is 12.8 Å². The molecule has 1 heterocycles. The number of anilines is 1. The van der Waals surface area contributed by atoms with Crippen molar-refractivity contribution < 1.29 is 4.79 Å². The summed E-state index contributed by atoms with van der Waals surface area (Å²) in [6, 6.07) is 7.91. The number of halogens is 2. The highest BCUT2D eigenvalue weighted by molar-refractivity contribution is 5.96. The Hall–Kier alpha value is -0.770. The van der Waals surface area contributed by atoms with E-state index in [9.17, 15) is 4.79 Å². The molecular weight excluding hydrogens is 307 g/mol. The van der Waals surface area contributed by atoms with Gasteiger partial charge in [0.1, 0.15) is 0 Å². The summed E-state index contributed by atoms with van der Waals surface area (Å²) in [5.74, 6) is 1.01. The number of benzene rings is 1. The lowest BCUT2D eigenvalue weighted by Crippen LogP contribution is -2.27. The molecule has 1 N–H and O–H groups in total. The summed E-state index contributed by atoms with van der Waals surface area (Å²) >= 11 is 0. The Labute approximate surface area is 140 Å². The normalized spacial score (nSPS) is 14.8. The molecule has 21 heavy (non-hydrogen) atoms. The van der Waals surface area contributed by atoms with Gasteiger partial charge in [-0.2, -0.15) is 0 Å². The molecule has 0 bridgehead atoms. The lowest BCUT2D eigenvalue weighted by Gasteiger charge is -2.22. The minimum absolute atomic E-state index is 0. The maximum atomic E-state index is 12.1. The van der Waals surface area contributed by atoms with Gasteiger partial charge in [-0.3, -0.25) is 4.79 Å². The molecule has 1 fully saturated rings. The first-order valence-electron chi connectivity index (χ1n) is 7.18. The number of nitrogens with one attached hydrogen (secondary N) is 1. The highest BCUT2D eigenvalue weighted by atomic mass is 35.5. The molecule has 0 aromatic heterocycles. The molecule has 0 spiro atoms. The number of Topliss-reactive ketones (excluding diaryl/α,β-unsaturated/α-hetero) is 1. The standard InChI is InChI=1S/C16H24N2O.2ClH/c1-18(2)15-6-4-14(5-7-15)16(19)8-3-13-9-11-17-12-10-13;;/h4-7,13,17H,3,8-12H2,1-2H3;2*1H. The van der Waals surface area contributed by atoms with E-state index in [0.29, 0.717) is 6.42 Å². The van der Waals surface area contributed by atoms with Crippen molar-refractivity contribution in [2.45, 2.75) is 25.7 Å². The molecule has 1 aromatic carbocycles. The molecule has 0 aliphatic carbocycles. The first-order chi connectivity index (χ1) is 9.16. The van der Waals surface area contributed by atoms with Gasteiger partial charge in [0.25, 0.3) is 0 Å². The number of nitrogens with zero attached hydrogens (tertiary/aromatic N) is 1. The molecule has 2 rings (SSSR count). The topological polar surface area (TPSA) is 32.3 Å². The Bertz CT molecular complexity index is 415. The second kappa shape index (κ2) is 10.0. The molecular formula is C16H26Cl2N2O. The summed E-state index contributed by atoms with van der Waals surface area (Å²) in [5, 5.41) is 3.36. The number of rotatable bonds is 5. The second-order valence-electron chi connectivity index (χ2n) is 5.60. The summed E-state index contributed by atoms with van der Waals surface area (Å²) < 4.78 is 0. The zero-order chi connectivity index (χ0) is 13.7. The van der Waals surface area contributed by atoms with Crippen LogP contribution in [-0.4, -0.2) is 33.0 Å². The van der Waals surface area contributed by atoms with E-state index in [2.05, 4.69) is 5.32 Å². The summed E-state index contributed by atoms with van der Waals surface area (Å²) in [7, 11) is 4.02. The minimum Gasteiger partial charge on any atom is -0.378 e. The van der Waals surface area contributed by atoms with Crippen LogP contribution in [0, 0.1) is 5.92 Å². The van der Waals surface area contributed by atoms with Crippen LogP contribution < -0.4 is 10.2 Å². The Morgan fingerprint density at radius 1 is 1.14 bits per heavy atom. The second-order valence-corrected chi connectivity index (χ2v) is 5.60.